The molecule has 0 N–H and O–H groups in total. The standard InChI is InChI=1S/C11H14N2S/c1-2-5-11(6-3-1)14-10-9-13-8-4-7-12-13/h1-3,5-7H,4,8-10H2. The third-order valence-electron chi connectivity index (χ3n) is 2.12. The topological polar surface area (TPSA) is 15.6 Å². The second-order valence-corrected chi connectivity index (χ2v) is 4.37. The summed E-state index contributed by atoms with van der Waals surface area (Å²) in [5, 5.41) is 6.40. The molecule has 0 aliphatic carbocycles. The highest BCUT2D eigenvalue weighted by Gasteiger charge is 2.04. The maximum Gasteiger partial charge on any atom is 0.0454 e. The number of thioether (sulfide) groups is 1. The number of hydrogen-bond donors (Lipinski definition) is 0. The largest absolute Gasteiger partial charge is 0.296 e. The van der Waals surface area contributed by atoms with E-state index in [-0.39, 0.29) is 0 Å². The predicted molar refractivity (Wildman–Crippen MR) is 61.8 cm³/mol. The van der Waals surface area contributed by atoms with Crippen molar-refractivity contribution in [1.82, 2.24) is 5.01 Å². The number of hydrazone groups is 1. The molecule has 14 heavy (non-hydrogen) atoms. The van der Waals surface area contributed by atoms with Crippen molar-refractivity contribution in [3.05, 3.63) is 30.3 Å². The molecule has 0 aromatic heterocycles. The van der Waals surface area contributed by atoms with Gasteiger partial charge in [0.15, 0.2) is 0 Å². The van der Waals surface area contributed by atoms with Gasteiger partial charge in [-0.3, -0.25) is 5.01 Å². The Kier molecular flexibility index (Phi) is 3.46. The average Bonchev–Trinajstić information content (AvgIpc) is 2.72. The lowest BCUT2D eigenvalue weighted by atomic mass is 10.4. The molecule has 1 aliphatic heterocycles. The van der Waals surface area contributed by atoms with E-state index < -0.39 is 0 Å². The highest BCUT2D eigenvalue weighted by atomic mass is 32.2. The summed E-state index contributed by atoms with van der Waals surface area (Å²) in [6.45, 7) is 2.14. The molecule has 0 saturated carbocycles. The lowest BCUT2D eigenvalue weighted by molar-refractivity contribution is 0.340. The van der Waals surface area contributed by atoms with Crippen molar-refractivity contribution in [2.24, 2.45) is 5.10 Å². The molecule has 2 nitrogen and oxygen atoms in total. The lowest BCUT2D eigenvalue weighted by Crippen LogP contribution is -2.17. The van der Waals surface area contributed by atoms with Gasteiger partial charge in [-0.1, -0.05) is 18.2 Å². The zero-order valence-corrected chi connectivity index (χ0v) is 8.91. The van der Waals surface area contributed by atoms with Crippen LogP contribution < -0.4 is 0 Å². The fourth-order valence-electron chi connectivity index (χ4n) is 1.39. The summed E-state index contributed by atoms with van der Waals surface area (Å²) in [4.78, 5) is 1.34. The molecule has 1 aliphatic rings. The average molecular weight is 206 g/mol. The van der Waals surface area contributed by atoms with Crippen LogP contribution in [0.25, 0.3) is 0 Å². The van der Waals surface area contributed by atoms with Gasteiger partial charge in [-0.2, -0.15) is 5.10 Å². The third kappa shape index (κ3) is 2.77. The van der Waals surface area contributed by atoms with Crippen LogP contribution in [0.4, 0.5) is 0 Å². The van der Waals surface area contributed by atoms with Gasteiger partial charge < -0.3 is 0 Å². The van der Waals surface area contributed by atoms with Gasteiger partial charge in [-0.25, -0.2) is 0 Å². The van der Waals surface area contributed by atoms with Crippen LogP contribution in [0.15, 0.2) is 40.3 Å². The van der Waals surface area contributed by atoms with Gasteiger partial charge >= 0.3 is 0 Å². The fraction of sp³-hybridized carbons (Fsp3) is 0.364. The SMILES string of the molecule is C1=NN(CCSc2ccccc2)CC1. The highest BCUT2D eigenvalue weighted by molar-refractivity contribution is 7.99. The van der Waals surface area contributed by atoms with Gasteiger partial charge in [0, 0.05) is 36.4 Å². The second kappa shape index (κ2) is 5.05. The first kappa shape index (κ1) is 9.59. The molecule has 0 bridgehead atoms. The molecule has 1 aromatic carbocycles. The number of rotatable bonds is 4. The van der Waals surface area contributed by atoms with E-state index in [9.17, 15) is 0 Å². The zero-order valence-electron chi connectivity index (χ0n) is 8.10. The van der Waals surface area contributed by atoms with E-state index in [1.807, 2.05) is 18.0 Å². The van der Waals surface area contributed by atoms with Gasteiger partial charge in [0.25, 0.3) is 0 Å². The molecule has 0 saturated heterocycles. The van der Waals surface area contributed by atoms with Crippen LogP contribution in [0.5, 0.6) is 0 Å². The number of benzene rings is 1. The Labute approximate surface area is 89.0 Å². The normalized spacial score (nSPS) is 15.0. The maximum absolute atomic E-state index is 4.26. The van der Waals surface area contributed by atoms with Crippen LogP contribution in [0.1, 0.15) is 6.42 Å². The summed E-state index contributed by atoms with van der Waals surface area (Å²) >= 11 is 1.89. The summed E-state index contributed by atoms with van der Waals surface area (Å²) < 4.78 is 0. The van der Waals surface area contributed by atoms with Crippen molar-refractivity contribution < 1.29 is 0 Å². The summed E-state index contributed by atoms with van der Waals surface area (Å²) in [5.74, 6) is 1.11. The molecular weight excluding hydrogens is 192 g/mol. The van der Waals surface area contributed by atoms with Crippen LogP contribution in [-0.4, -0.2) is 30.1 Å². The van der Waals surface area contributed by atoms with E-state index in [4.69, 9.17) is 0 Å². The van der Waals surface area contributed by atoms with Crippen LogP contribution in [-0.2, 0) is 0 Å². The number of nitrogens with zero attached hydrogens (tertiary/aromatic N) is 2. The van der Waals surface area contributed by atoms with Crippen molar-refractivity contribution in [1.29, 1.82) is 0 Å². The molecule has 74 valence electrons. The maximum atomic E-state index is 4.26. The van der Waals surface area contributed by atoms with Gasteiger partial charge in [0.05, 0.1) is 0 Å². The smallest absolute Gasteiger partial charge is 0.0454 e. The Morgan fingerprint density at radius 3 is 2.86 bits per heavy atom. The first-order chi connectivity index (χ1) is 6.95. The van der Waals surface area contributed by atoms with Crippen LogP contribution in [0.2, 0.25) is 0 Å². The molecule has 0 fully saturated rings. The molecule has 0 spiro atoms. The Morgan fingerprint density at radius 1 is 1.29 bits per heavy atom. The van der Waals surface area contributed by atoms with E-state index in [0.29, 0.717) is 0 Å². The molecule has 0 unspecified atom stereocenters. The summed E-state index contributed by atoms with van der Waals surface area (Å²) in [5.41, 5.74) is 0. The summed E-state index contributed by atoms with van der Waals surface area (Å²) in [6, 6.07) is 10.5. The zero-order chi connectivity index (χ0) is 9.64. The Morgan fingerprint density at radius 2 is 2.14 bits per heavy atom. The lowest BCUT2D eigenvalue weighted by Gasteiger charge is -2.12. The Bertz CT molecular complexity index is 297. The van der Waals surface area contributed by atoms with Gasteiger partial charge in [0.2, 0.25) is 0 Å². The minimum atomic E-state index is 1.05. The molecule has 1 aromatic rings. The van der Waals surface area contributed by atoms with E-state index in [1.165, 1.54) is 4.90 Å². The molecule has 2 rings (SSSR count). The predicted octanol–water partition coefficient (Wildman–Crippen LogP) is 2.47. The van der Waals surface area contributed by atoms with Gasteiger partial charge in [-0.15, -0.1) is 11.8 Å². The van der Waals surface area contributed by atoms with Crippen LogP contribution in [0.3, 0.4) is 0 Å². The highest BCUT2D eigenvalue weighted by Crippen LogP contribution is 2.17. The fourth-order valence-corrected chi connectivity index (χ4v) is 2.28. The van der Waals surface area contributed by atoms with Crippen LogP contribution >= 0.6 is 11.8 Å². The van der Waals surface area contributed by atoms with E-state index in [2.05, 4.69) is 40.4 Å². The summed E-state index contributed by atoms with van der Waals surface area (Å²) in [7, 11) is 0. The molecule has 1 heterocycles. The van der Waals surface area contributed by atoms with E-state index in [0.717, 1.165) is 25.3 Å². The van der Waals surface area contributed by atoms with Crippen molar-refractivity contribution >= 4 is 18.0 Å². The van der Waals surface area contributed by atoms with Crippen LogP contribution in [0, 0.1) is 0 Å². The molecular formula is C11H14N2S. The van der Waals surface area contributed by atoms with Crippen molar-refractivity contribution in [3.8, 4) is 0 Å². The minimum absolute atomic E-state index is 1.05. The Hall–Kier alpha value is -0.960. The monoisotopic (exact) mass is 206 g/mol. The van der Waals surface area contributed by atoms with Crippen molar-refractivity contribution in [2.45, 2.75) is 11.3 Å². The van der Waals surface area contributed by atoms with E-state index in [1.54, 1.807) is 0 Å². The molecule has 0 atom stereocenters. The first-order valence-electron chi connectivity index (χ1n) is 4.90. The Balaban J connectivity index is 1.70. The quantitative estimate of drug-likeness (QED) is 0.703. The molecule has 3 heteroatoms. The second-order valence-electron chi connectivity index (χ2n) is 3.20. The molecule has 0 amide bonds. The molecule has 0 radical (unpaired) electrons. The van der Waals surface area contributed by atoms with Gasteiger partial charge in [-0.05, 0) is 12.1 Å². The summed E-state index contributed by atoms with van der Waals surface area (Å²) in [6.07, 6.45) is 3.10. The van der Waals surface area contributed by atoms with Crippen molar-refractivity contribution in [3.63, 3.8) is 0 Å². The minimum Gasteiger partial charge on any atom is -0.296 e. The third-order valence-corrected chi connectivity index (χ3v) is 3.11. The van der Waals surface area contributed by atoms with Crippen molar-refractivity contribution in [2.75, 3.05) is 18.8 Å². The first-order valence-corrected chi connectivity index (χ1v) is 5.89. The van der Waals surface area contributed by atoms with E-state index >= 15 is 0 Å². The van der Waals surface area contributed by atoms with Gasteiger partial charge in [0.1, 0.15) is 0 Å². The number of hydrogen-bond acceptors (Lipinski definition) is 3.